The third-order valence-corrected chi connectivity index (χ3v) is 5.19. The molecule has 4 aromatic rings. The third kappa shape index (κ3) is 3.81. The SMILES string of the molecule is N=c1ncn(CCc2ccccc2)c2nc(Sc3ccc(C(=O)O)cc3)[nH]c12. The summed E-state index contributed by atoms with van der Waals surface area (Å²) in [5.41, 5.74) is 2.87. The molecule has 7 nitrogen and oxygen atoms in total. The van der Waals surface area contributed by atoms with E-state index in [0.29, 0.717) is 22.9 Å². The number of aromatic amines is 1. The number of H-pyrrole nitrogens is 1. The van der Waals surface area contributed by atoms with Crippen molar-refractivity contribution in [3.8, 4) is 0 Å². The normalized spacial score (nSPS) is 11.0. The molecule has 0 aliphatic heterocycles. The zero-order chi connectivity index (χ0) is 19.5. The summed E-state index contributed by atoms with van der Waals surface area (Å²) in [7, 11) is 0. The van der Waals surface area contributed by atoms with Gasteiger partial charge in [-0.3, -0.25) is 5.41 Å². The molecule has 8 heteroatoms. The Bertz CT molecular complexity index is 1180. The quantitative estimate of drug-likeness (QED) is 0.467. The molecule has 0 amide bonds. The summed E-state index contributed by atoms with van der Waals surface area (Å²) >= 11 is 1.38. The minimum absolute atomic E-state index is 0.145. The average molecular weight is 391 g/mol. The van der Waals surface area contributed by atoms with Crippen LogP contribution in [0.3, 0.4) is 0 Å². The Balaban J connectivity index is 1.59. The van der Waals surface area contributed by atoms with Crippen molar-refractivity contribution in [2.24, 2.45) is 0 Å². The van der Waals surface area contributed by atoms with Crippen molar-refractivity contribution in [2.45, 2.75) is 23.0 Å². The van der Waals surface area contributed by atoms with E-state index in [0.717, 1.165) is 11.3 Å². The predicted octanol–water partition coefficient (Wildman–Crippen LogP) is 3.33. The van der Waals surface area contributed by atoms with Crippen LogP contribution in [0.25, 0.3) is 11.2 Å². The first-order chi connectivity index (χ1) is 13.6. The summed E-state index contributed by atoms with van der Waals surface area (Å²) in [5.74, 6) is -0.954. The summed E-state index contributed by atoms with van der Waals surface area (Å²) in [4.78, 5) is 23.8. The summed E-state index contributed by atoms with van der Waals surface area (Å²) < 4.78 is 1.94. The number of nitrogens with one attached hydrogen (secondary N) is 2. The second-order valence-corrected chi connectivity index (χ2v) is 7.26. The molecule has 0 bridgehead atoms. The molecule has 0 aliphatic carbocycles. The lowest BCUT2D eigenvalue weighted by atomic mass is 10.1. The highest BCUT2D eigenvalue weighted by Gasteiger charge is 2.11. The number of carbonyl (C=O) groups is 1. The maximum atomic E-state index is 11.0. The minimum atomic E-state index is -0.954. The van der Waals surface area contributed by atoms with E-state index in [1.807, 2.05) is 22.8 Å². The molecular formula is C20H17N5O2S. The van der Waals surface area contributed by atoms with Crippen LogP contribution in [0.1, 0.15) is 15.9 Å². The Morgan fingerprint density at radius 1 is 1.14 bits per heavy atom. The van der Waals surface area contributed by atoms with Crippen LogP contribution in [0.15, 0.2) is 71.0 Å². The molecule has 2 aromatic heterocycles. The van der Waals surface area contributed by atoms with E-state index in [1.165, 1.54) is 17.3 Å². The number of imidazole rings is 1. The number of carboxylic acid groups (broad SMARTS) is 1. The number of aromatic carboxylic acids is 1. The lowest BCUT2D eigenvalue weighted by molar-refractivity contribution is 0.0697. The van der Waals surface area contributed by atoms with Crippen LogP contribution in [0.2, 0.25) is 0 Å². The van der Waals surface area contributed by atoms with E-state index in [4.69, 9.17) is 10.5 Å². The largest absolute Gasteiger partial charge is 0.478 e. The molecule has 140 valence electrons. The maximum Gasteiger partial charge on any atom is 0.335 e. The van der Waals surface area contributed by atoms with Gasteiger partial charge in [0.15, 0.2) is 16.3 Å². The number of fused-ring (bicyclic) bond motifs is 1. The van der Waals surface area contributed by atoms with Crippen molar-refractivity contribution in [1.29, 1.82) is 5.41 Å². The number of nitrogens with zero attached hydrogens (tertiary/aromatic N) is 3. The maximum absolute atomic E-state index is 11.0. The molecule has 0 atom stereocenters. The molecule has 0 saturated heterocycles. The summed E-state index contributed by atoms with van der Waals surface area (Å²) in [6.07, 6.45) is 2.48. The molecular weight excluding hydrogens is 374 g/mol. The van der Waals surface area contributed by atoms with Gasteiger partial charge in [0.1, 0.15) is 5.52 Å². The number of hydrogen-bond donors (Lipinski definition) is 3. The number of carboxylic acids is 1. The highest BCUT2D eigenvalue weighted by Crippen LogP contribution is 2.26. The zero-order valence-electron chi connectivity index (χ0n) is 14.8. The van der Waals surface area contributed by atoms with Crippen molar-refractivity contribution in [3.63, 3.8) is 0 Å². The van der Waals surface area contributed by atoms with E-state index >= 15 is 0 Å². The Morgan fingerprint density at radius 3 is 2.61 bits per heavy atom. The molecule has 0 saturated carbocycles. The van der Waals surface area contributed by atoms with Crippen molar-refractivity contribution < 1.29 is 9.90 Å². The van der Waals surface area contributed by atoms with Gasteiger partial charge in [-0.2, -0.15) is 0 Å². The van der Waals surface area contributed by atoms with Gasteiger partial charge in [-0.25, -0.2) is 14.8 Å². The Hall–Kier alpha value is -3.39. The number of hydrogen-bond acceptors (Lipinski definition) is 5. The van der Waals surface area contributed by atoms with E-state index < -0.39 is 5.97 Å². The summed E-state index contributed by atoms with van der Waals surface area (Å²) in [6.45, 7) is 0.704. The molecule has 3 N–H and O–H groups in total. The van der Waals surface area contributed by atoms with Crippen LogP contribution in [0.5, 0.6) is 0 Å². The molecule has 0 aliphatic rings. The van der Waals surface area contributed by atoms with Crippen molar-refractivity contribution >= 4 is 28.9 Å². The number of aryl methyl sites for hydroxylation is 2. The molecule has 2 aromatic carbocycles. The van der Waals surface area contributed by atoms with Crippen LogP contribution >= 0.6 is 11.8 Å². The van der Waals surface area contributed by atoms with Crippen LogP contribution < -0.4 is 5.49 Å². The van der Waals surface area contributed by atoms with Crippen LogP contribution in [0, 0.1) is 5.41 Å². The third-order valence-electron chi connectivity index (χ3n) is 4.30. The van der Waals surface area contributed by atoms with Crippen molar-refractivity contribution in [3.05, 3.63) is 77.5 Å². The van der Waals surface area contributed by atoms with Gasteiger partial charge in [-0.1, -0.05) is 42.1 Å². The molecule has 28 heavy (non-hydrogen) atoms. The smallest absolute Gasteiger partial charge is 0.335 e. The van der Waals surface area contributed by atoms with Crippen LogP contribution in [-0.2, 0) is 13.0 Å². The zero-order valence-corrected chi connectivity index (χ0v) is 15.6. The Kier molecular flexibility index (Phi) is 4.94. The Labute approximate surface area is 164 Å². The minimum Gasteiger partial charge on any atom is -0.478 e. The second-order valence-electron chi connectivity index (χ2n) is 6.19. The van der Waals surface area contributed by atoms with Crippen molar-refractivity contribution in [1.82, 2.24) is 19.5 Å². The van der Waals surface area contributed by atoms with E-state index in [1.54, 1.807) is 30.6 Å². The second kappa shape index (κ2) is 7.69. The molecule has 2 heterocycles. The fraction of sp³-hybridized carbons (Fsp3) is 0.100. The highest BCUT2D eigenvalue weighted by atomic mass is 32.2. The van der Waals surface area contributed by atoms with Gasteiger partial charge in [-0.05, 0) is 36.2 Å². The predicted molar refractivity (Wildman–Crippen MR) is 105 cm³/mol. The average Bonchev–Trinajstić information content (AvgIpc) is 3.13. The fourth-order valence-electron chi connectivity index (χ4n) is 2.85. The standard InChI is InChI=1S/C20H17N5O2S/c21-17-16-18(25(12-22-17)11-10-13-4-2-1-3-5-13)24-20(23-16)28-15-8-6-14(7-9-15)19(26)27/h1-9,12,21H,10-11H2,(H,23,24)(H,26,27). The van der Waals surface area contributed by atoms with Gasteiger partial charge in [0.25, 0.3) is 0 Å². The first kappa shape index (κ1) is 18.0. The number of aromatic nitrogens is 4. The lowest BCUT2D eigenvalue weighted by Gasteiger charge is -2.06. The molecule has 0 spiro atoms. The number of rotatable bonds is 6. The molecule has 0 unspecified atom stereocenters. The molecule has 0 radical (unpaired) electrons. The van der Waals surface area contributed by atoms with E-state index in [2.05, 4.69) is 27.1 Å². The van der Waals surface area contributed by atoms with Crippen molar-refractivity contribution in [2.75, 3.05) is 0 Å². The highest BCUT2D eigenvalue weighted by molar-refractivity contribution is 7.99. The van der Waals surface area contributed by atoms with E-state index in [-0.39, 0.29) is 11.1 Å². The Morgan fingerprint density at radius 2 is 1.89 bits per heavy atom. The fourth-order valence-corrected chi connectivity index (χ4v) is 3.63. The van der Waals surface area contributed by atoms with Crippen LogP contribution in [0.4, 0.5) is 0 Å². The van der Waals surface area contributed by atoms with Gasteiger partial charge in [-0.15, -0.1) is 0 Å². The first-order valence-electron chi connectivity index (χ1n) is 8.65. The first-order valence-corrected chi connectivity index (χ1v) is 9.47. The molecule has 4 rings (SSSR count). The van der Waals surface area contributed by atoms with E-state index in [9.17, 15) is 4.79 Å². The monoisotopic (exact) mass is 391 g/mol. The lowest BCUT2D eigenvalue weighted by Crippen LogP contribution is -2.13. The summed E-state index contributed by atoms with van der Waals surface area (Å²) in [6, 6.07) is 16.8. The summed E-state index contributed by atoms with van der Waals surface area (Å²) in [5, 5.41) is 17.7. The van der Waals surface area contributed by atoms with Gasteiger partial charge in [0.05, 0.1) is 11.9 Å². The van der Waals surface area contributed by atoms with Gasteiger partial charge in [0, 0.05) is 11.4 Å². The van der Waals surface area contributed by atoms with Crippen LogP contribution in [-0.4, -0.2) is 30.6 Å². The number of benzene rings is 2. The van der Waals surface area contributed by atoms with Gasteiger partial charge >= 0.3 is 5.97 Å². The topological polar surface area (TPSA) is 108 Å². The van der Waals surface area contributed by atoms with Gasteiger partial charge in [0.2, 0.25) is 0 Å². The molecule has 0 fully saturated rings. The van der Waals surface area contributed by atoms with Gasteiger partial charge < -0.3 is 14.7 Å².